The Morgan fingerprint density at radius 3 is 2.38 bits per heavy atom. The van der Waals surface area contributed by atoms with Crippen LogP contribution in [-0.4, -0.2) is 32.5 Å². The Kier molecular flexibility index (Phi) is 5.87. The van der Waals surface area contributed by atoms with Gasteiger partial charge in [-0.25, -0.2) is 23.4 Å². The number of likely N-dealkylation sites (N-methyl/N-ethyl adjacent to an activating group) is 1. The molecule has 1 atom stereocenters. The number of rotatable bonds is 7. The van der Waals surface area contributed by atoms with Gasteiger partial charge in [0.25, 0.3) is 0 Å². The number of carbonyl (C=O) groups is 1. The van der Waals surface area contributed by atoms with Crippen molar-refractivity contribution < 1.29 is 17.9 Å². The van der Waals surface area contributed by atoms with E-state index in [9.17, 15) is 13.2 Å². The van der Waals surface area contributed by atoms with Gasteiger partial charge in [0.15, 0.2) is 0 Å². The van der Waals surface area contributed by atoms with Crippen LogP contribution in [0.2, 0.25) is 0 Å². The van der Waals surface area contributed by atoms with E-state index in [1.807, 2.05) is 45.0 Å². The van der Waals surface area contributed by atoms with Gasteiger partial charge in [-0.1, -0.05) is 49.4 Å². The van der Waals surface area contributed by atoms with Crippen LogP contribution < -0.4 is 10.6 Å². The Balaban J connectivity index is 1.79. The minimum atomic E-state index is -3.86. The molecule has 7 nitrogen and oxygen atoms in total. The molecule has 1 aliphatic heterocycles. The average Bonchev–Trinajstić information content (AvgIpc) is 3.57. The molecular formula is C24H29N3O4S. The fourth-order valence-corrected chi connectivity index (χ4v) is 5.27. The summed E-state index contributed by atoms with van der Waals surface area (Å²) >= 11 is 0. The molecule has 0 amide bonds. The summed E-state index contributed by atoms with van der Waals surface area (Å²) in [4.78, 5) is 13.1. The van der Waals surface area contributed by atoms with Crippen molar-refractivity contribution in [3.05, 3.63) is 65.4 Å². The van der Waals surface area contributed by atoms with E-state index < -0.39 is 15.6 Å². The monoisotopic (exact) mass is 455 g/mol. The number of hydrogen-bond donors (Lipinski definition) is 2. The molecule has 1 aliphatic carbocycles. The van der Waals surface area contributed by atoms with Crippen LogP contribution in [0.1, 0.15) is 39.2 Å². The van der Waals surface area contributed by atoms with Gasteiger partial charge in [-0.05, 0) is 43.9 Å². The van der Waals surface area contributed by atoms with Gasteiger partial charge in [-0.2, -0.15) is 0 Å². The number of sulfonamides is 1. The summed E-state index contributed by atoms with van der Waals surface area (Å²) in [5.74, 6) is 0.0511. The zero-order valence-corrected chi connectivity index (χ0v) is 19.4. The van der Waals surface area contributed by atoms with Crippen LogP contribution in [0, 0.1) is 5.92 Å². The van der Waals surface area contributed by atoms with Gasteiger partial charge in [0.2, 0.25) is 10.0 Å². The van der Waals surface area contributed by atoms with Crippen molar-refractivity contribution in [1.82, 2.24) is 10.4 Å². The highest BCUT2D eigenvalue weighted by atomic mass is 32.2. The lowest BCUT2D eigenvalue weighted by Gasteiger charge is -2.36. The van der Waals surface area contributed by atoms with Crippen LogP contribution in [0.5, 0.6) is 0 Å². The van der Waals surface area contributed by atoms with Crippen molar-refractivity contribution in [1.29, 1.82) is 0 Å². The lowest BCUT2D eigenvalue weighted by Crippen LogP contribution is -2.47. The van der Waals surface area contributed by atoms with Crippen molar-refractivity contribution in [2.24, 2.45) is 11.1 Å². The van der Waals surface area contributed by atoms with Gasteiger partial charge in [-0.15, -0.1) is 0 Å². The Hall–Kier alpha value is -2.68. The van der Waals surface area contributed by atoms with Crippen molar-refractivity contribution in [3.63, 3.8) is 0 Å². The van der Waals surface area contributed by atoms with E-state index in [4.69, 9.17) is 9.88 Å². The van der Waals surface area contributed by atoms with Crippen molar-refractivity contribution in [3.8, 4) is 11.1 Å². The summed E-state index contributed by atoms with van der Waals surface area (Å²) in [7, 11) is -3.86. The molecule has 0 radical (unpaired) electrons. The molecule has 4 rings (SSSR count). The molecule has 2 aliphatic rings. The van der Waals surface area contributed by atoms with E-state index in [2.05, 4.69) is 10.4 Å². The maximum atomic E-state index is 13.1. The summed E-state index contributed by atoms with van der Waals surface area (Å²) in [5, 5.41) is 7.48. The van der Waals surface area contributed by atoms with E-state index in [1.165, 1.54) is 6.07 Å². The zero-order valence-electron chi connectivity index (χ0n) is 18.6. The van der Waals surface area contributed by atoms with Crippen LogP contribution in [0.3, 0.4) is 0 Å². The van der Waals surface area contributed by atoms with E-state index in [0.717, 1.165) is 29.7 Å². The van der Waals surface area contributed by atoms with Gasteiger partial charge in [0, 0.05) is 23.7 Å². The number of primary sulfonamides is 1. The molecule has 32 heavy (non-hydrogen) atoms. The number of nitrogens with two attached hydrogens (primary N) is 1. The Labute approximate surface area is 189 Å². The van der Waals surface area contributed by atoms with Crippen LogP contribution in [0.4, 0.5) is 0 Å². The van der Waals surface area contributed by atoms with Crippen molar-refractivity contribution in [2.75, 3.05) is 13.2 Å². The van der Waals surface area contributed by atoms with E-state index >= 15 is 0 Å². The topological polar surface area (TPSA) is 102 Å². The standard InChI is InChI=1S/C24H29N3O4S/c1-4-27-24(3,21(23(28)31-5-2)22(26-27)17-10-11-17)18-14-12-16(13-15-18)19-8-6-7-9-20(19)32(25,29)30/h6-9,12-15,17,26H,4-5,10-11H2,1-3H3,(H2,25,29,30). The maximum Gasteiger partial charge on any atom is 0.338 e. The molecule has 2 aromatic rings. The fourth-order valence-electron chi connectivity index (χ4n) is 4.51. The van der Waals surface area contributed by atoms with Crippen molar-refractivity contribution >= 4 is 16.0 Å². The summed E-state index contributed by atoms with van der Waals surface area (Å²) in [6.07, 6.45) is 2.12. The SMILES string of the molecule is CCOC(=O)C1=C(C2CC2)NN(CC)C1(C)c1ccc(-c2ccccc2S(N)(=O)=O)cc1. The molecule has 1 fully saturated rings. The van der Waals surface area contributed by atoms with Crippen LogP contribution in [-0.2, 0) is 25.1 Å². The number of carbonyl (C=O) groups excluding carboxylic acids is 1. The number of allylic oxidation sites excluding steroid dienone is 1. The average molecular weight is 456 g/mol. The molecule has 0 aromatic heterocycles. The minimum absolute atomic E-state index is 0.0832. The molecule has 1 saturated carbocycles. The summed E-state index contributed by atoms with van der Waals surface area (Å²) in [5.41, 5.74) is 6.57. The minimum Gasteiger partial charge on any atom is -0.463 e. The second-order valence-electron chi connectivity index (χ2n) is 8.33. The number of nitrogens with zero attached hydrogens (tertiary/aromatic N) is 1. The van der Waals surface area contributed by atoms with Gasteiger partial charge < -0.3 is 10.2 Å². The highest BCUT2D eigenvalue weighted by Crippen LogP contribution is 2.48. The molecule has 1 unspecified atom stereocenters. The van der Waals surface area contributed by atoms with Gasteiger partial charge in [0.05, 0.1) is 22.6 Å². The predicted molar refractivity (Wildman–Crippen MR) is 123 cm³/mol. The fraction of sp³-hybridized carbons (Fsp3) is 0.375. The summed E-state index contributed by atoms with van der Waals surface area (Å²) in [6.45, 7) is 6.88. The normalized spacial score (nSPS) is 21.5. The van der Waals surface area contributed by atoms with Gasteiger partial charge in [-0.3, -0.25) is 0 Å². The lowest BCUT2D eigenvalue weighted by atomic mass is 9.82. The van der Waals surface area contributed by atoms with E-state index in [1.54, 1.807) is 18.2 Å². The second kappa shape index (κ2) is 8.35. The molecular weight excluding hydrogens is 426 g/mol. The number of nitrogens with one attached hydrogen (secondary N) is 1. The number of esters is 1. The first-order valence-electron chi connectivity index (χ1n) is 10.9. The molecule has 0 saturated heterocycles. The Morgan fingerprint density at radius 2 is 1.81 bits per heavy atom. The Bertz CT molecular complexity index is 1170. The molecule has 1 heterocycles. The molecule has 0 spiro atoms. The first kappa shape index (κ1) is 22.5. The molecule has 3 N–H and O–H groups in total. The number of hydrazine groups is 1. The van der Waals surface area contributed by atoms with E-state index in [0.29, 0.717) is 30.2 Å². The first-order chi connectivity index (χ1) is 15.2. The number of benzene rings is 2. The van der Waals surface area contributed by atoms with Gasteiger partial charge in [0.1, 0.15) is 0 Å². The highest BCUT2D eigenvalue weighted by molar-refractivity contribution is 7.89. The third-order valence-electron chi connectivity index (χ3n) is 6.28. The zero-order chi connectivity index (χ0) is 23.1. The quantitative estimate of drug-likeness (QED) is 0.622. The van der Waals surface area contributed by atoms with Gasteiger partial charge >= 0.3 is 5.97 Å². The van der Waals surface area contributed by atoms with E-state index in [-0.39, 0.29) is 10.9 Å². The largest absolute Gasteiger partial charge is 0.463 e. The second-order valence-corrected chi connectivity index (χ2v) is 9.86. The molecule has 2 aromatic carbocycles. The summed E-state index contributed by atoms with van der Waals surface area (Å²) < 4.78 is 29.5. The molecule has 170 valence electrons. The third-order valence-corrected chi connectivity index (χ3v) is 7.25. The smallest absolute Gasteiger partial charge is 0.338 e. The van der Waals surface area contributed by atoms with Crippen LogP contribution in [0.15, 0.2) is 64.7 Å². The highest BCUT2D eigenvalue weighted by Gasteiger charge is 2.51. The van der Waals surface area contributed by atoms with Crippen LogP contribution >= 0.6 is 0 Å². The molecule has 8 heteroatoms. The lowest BCUT2D eigenvalue weighted by molar-refractivity contribution is -0.139. The number of hydrogen-bond acceptors (Lipinski definition) is 6. The Morgan fingerprint density at radius 1 is 1.16 bits per heavy atom. The molecule has 0 bridgehead atoms. The first-order valence-corrected chi connectivity index (χ1v) is 12.4. The third kappa shape index (κ3) is 3.83. The maximum absolute atomic E-state index is 13.1. The van der Waals surface area contributed by atoms with Crippen molar-refractivity contribution in [2.45, 2.75) is 44.0 Å². The summed E-state index contributed by atoms with van der Waals surface area (Å²) in [6, 6.07) is 14.3. The predicted octanol–water partition coefficient (Wildman–Crippen LogP) is 3.28. The van der Waals surface area contributed by atoms with Crippen LogP contribution in [0.25, 0.3) is 11.1 Å². The number of ether oxygens (including phenoxy) is 1.